The highest BCUT2D eigenvalue weighted by Gasteiger charge is 2.29. The predicted octanol–water partition coefficient (Wildman–Crippen LogP) is 25.8. The van der Waals surface area contributed by atoms with Gasteiger partial charge in [0.1, 0.15) is 25.4 Å². The highest BCUT2D eigenvalue weighted by atomic mass is 31.2. The molecular weight excluding hydrogens is 1410 g/mol. The minimum atomic E-state index is -4.94. The van der Waals surface area contributed by atoms with Crippen molar-refractivity contribution in [3.8, 4) is 0 Å². The zero-order valence-corrected chi connectivity index (χ0v) is 70.2. The molecule has 0 bridgehead atoms. The topological polar surface area (TPSA) is 231 Å². The van der Waals surface area contributed by atoms with E-state index < -0.39 is 91.5 Å². The Hall–Kier alpha value is -4.83. The van der Waals surface area contributed by atoms with Gasteiger partial charge < -0.3 is 34.2 Å². The molecule has 5 unspecified atom stereocenters. The Kier molecular flexibility index (Phi) is 79.0. The van der Waals surface area contributed by atoms with E-state index in [-0.39, 0.29) is 19.3 Å². The standard InChI is InChI=1S/C91H154O16P2/c1-4-7-10-13-16-19-22-25-28-31-33-35-37-38-39-40-41-42-43-44-45-46-48-50-51-54-56-59-62-65-68-71-74-77-89(94)101-80-86(92)81-103-108(97,98)104-82-87(93)83-105-109(99,100)106-85-88(107-91(96)79-76-73-70-67-64-61-58-53-30-27-24-21-18-15-12-9-6-3)84-102-90(95)78-75-72-69-66-63-60-57-55-52-49-47-36-34-32-29-26-23-20-17-14-11-8-5-2/h7-12,16-21,25-30,33-36,38-39,49,52,86-88,92-93H,4-6,13-15,22-24,31-32,37,40-48,50-51,53-85H2,1-3H3,(H,97,98)(H,99,100)/b10-7-,11-8-,12-9-,19-16-,20-17-,21-18-,28-25-,29-26-,30-27-,35-33-,36-34-,39-38-,52-49-. The summed E-state index contributed by atoms with van der Waals surface area (Å²) in [5, 5.41) is 20.7. The first-order valence-corrected chi connectivity index (χ1v) is 45.8. The molecule has 0 aliphatic carbocycles. The first kappa shape index (κ1) is 104. The number of esters is 3. The highest BCUT2D eigenvalue weighted by Crippen LogP contribution is 2.45. The van der Waals surface area contributed by atoms with E-state index in [0.29, 0.717) is 19.3 Å². The molecular formula is C91H154O16P2. The van der Waals surface area contributed by atoms with Gasteiger partial charge in [-0.3, -0.25) is 32.5 Å². The van der Waals surface area contributed by atoms with E-state index in [1.165, 1.54) is 89.9 Å². The van der Waals surface area contributed by atoms with Crippen molar-refractivity contribution in [2.75, 3.05) is 39.6 Å². The molecule has 0 radical (unpaired) electrons. The van der Waals surface area contributed by atoms with Crippen LogP contribution in [0.4, 0.5) is 0 Å². The molecule has 0 aliphatic rings. The number of carbonyl (C=O) groups excluding carboxylic acids is 3. The maximum absolute atomic E-state index is 13.0. The number of carbonyl (C=O) groups is 3. The van der Waals surface area contributed by atoms with Gasteiger partial charge in [0.25, 0.3) is 0 Å². The summed E-state index contributed by atoms with van der Waals surface area (Å²) >= 11 is 0. The summed E-state index contributed by atoms with van der Waals surface area (Å²) in [6.07, 6.45) is 104. The van der Waals surface area contributed by atoms with Crippen molar-refractivity contribution in [3.63, 3.8) is 0 Å². The number of phosphoric ester groups is 2. The Morgan fingerprint density at radius 3 is 0.725 bits per heavy atom. The van der Waals surface area contributed by atoms with Crippen molar-refractivity contribution in [1.82, 2.24) is 0 Å². The van der Waals surface area contributed by atoms with Gasteiger partial charge in [0, 0.05) is 19.3 Å². The van der Waals surface area contributed by atoms with E-state index in [1.54, 1.807) is 0 Å². The molecule has 0 amide bonds. The fourth-order valence-corrected chi connectivity index (χ4v) is 12.9. The largest absolute Gasteiger partial charge is 0.472 e. The molecule has 5 atom stereocenters. The van der Waals surface area contributed by atoms with Crippen LogP contribution in [-0.4, -0.2) is 95.9 Å². The van der Waals surface area contributed by atoms with Crippen molar-refractivity contribution < 1.29 is 75.8 Å². The van der Waals surface area contributed by atoms with Gasteiger partial charge in [-0.15, -0.1) is 0 Å². The maximum atomic E-state index is 13.0. The molecule has 0 aromatic heterocycles. The van der Waals surface area contributed by atoms with Gasteiger partial charge in [0.15, 0.2) is 6.10 Å². The molecule has 0 rings (SSSR count). The van der Waals surface area contributed by atoms with E-state index in [2.05, 4.69) is 179 Å². The lowest BCUT2D eigenvalue weighted by Crippen LogP contribution is -2.30. The highest BCUT2D eigenvalue weighted by molar-refractivity contribution is 7.47. The SMILES string of the molecule is CC/C=C\C/C=C\C/C=C\C/C=C\C/C=C\CCCCCCCCCCCCCCCCCCCC(=O)OCC(O)COP(=O)(O)OCC(O)COP(=O)(O)OCC(COC(=O)CCCCCCCCC/C=C\C/C=C\C/C=C\C/C=C\C/C=C\CC)OC(=O)CCCCCCCCC/C=C\C/C=C\C/C=C\CC. The number of ether oxygens (including phenoxy) is 3. The van der Waals surface area contributed by atoms with Gasteiger partial charge in [-0.25, -0.2) is 9.13 Å². The molecule has 0 spiro atoms. The molecule has 0 saturated heterocycles. The second-order valence-electron chi connectivity index (χ2n) is 28.2. The van der Waals surface area contributed by atoms with E-state index in [4.69, 9.17) is 32.3 Å². The molecule has 4 N–H and O–H groups in total. The summed E-state index contributed by atoms with van der Waals surface area (Å²) in [6.45, 7) is 2.34. The van der Waals surface area contributed by atoms with Crippen molar-refractivity contribution in [2.24, 2.45) is 0 Å². The number of hydrogen-bond acceptors (Lipinski definition) is 14. The lowest BCUT2D eigenvalue weighted by Gasteiger charge is -2.21. The predicted molar refractivity (Wildman–Crippen MR) is 454 cm³/mol. The first-order chi connectivity index (χ1) is 53.2. The molecule has 624 valence electrons. The lowest BCUT2D eigenvalue weighted by atomic mass is 10.0. The van der Waals surface area contributed by atoms with Crippen LogP contribution in [0.15, 0.2) is 158 Å². The third-order valence-electron chi connectivity index (χ3n) is 17.7. The Morgan fingerprint density at radius 2 is 0.459 bits per heavy atom. The second-order valence-corrected chi connectivity index (χ2v) is 31.1. The van der Waals surface area contributed by atoms with Gasteiger partial charge in [-0.2, -0.15) is 0 Å². The fourth-order valence-electron chi connectivity index (χ4n) is 11.3. The molecule has 0 fully saturated rings. The van der Waals surface area contributed by atoms with E-state index in [1.807, 2.05) is 0 Å². The smallest absolute Gasteiger partial charge is 0.463 e. The number of aliphatic hydroxyl groups excluding tert-OH is 2. The monoisotopic (exact) mass is 1570 g/mol. The molecule has 16 nitrogen and oxygen atoms in total. The van der Waals surface area contributed by atoms with Gasteiger partial charge in [0.05, 0.1) is 26.4 Å². The van der Waals surface area contributed by atoms with Crippen LogP contribution >= 0.6 is 15.6 Å². The molecule has 0 aromatic carbocycles. The first-order valence-electron chi connectivity index (χ1n) is 42.8. The quantitative estimate of drug-likeness (QED) is 0.0146. The van der Waals surface area contributed by atoms with Gasteiger partial charge in [-0.05, 0) is 141 Å². The number of unbranched alkanes of at least 4 members (excludes halogenated alkanes) is 31. The zero-order chi connectivity index (χ0) is 79.4. The third kappa shape index (κ3) is 83.9. The summed E-state index contributed by atoms with van der Waals surface area (Å²) in [4.78, 5) is 58.8. The van der Waals surface area contributed by atoms with Crippen LogP contribution in [0.25, 0.3) is 0 Å². The van der Waals surface area contributed by atoms with Crippen molar-refractivity contribution in [3.05, 3.63) is 158 Å². The summed E-state index contributed by atoms with van der Waals surface area (Å²) in [6, 6.07) is 0. The normalized spacial score (nSPS) is 14.7. The Labute approximate surface area is 663 Å². The summed E-state index contributed by atoms with van der Waals surface area (Å²) < 4.78 is 61.3. The van der Waals surface area contributed by atoms with Crippen LogP contribution in [0, 0.1) is 0 Å². The third-order valence-corrected chi connectivity index (χ3v) is 19.6. The molecule has 0 heterocycles. The van der Waals surface area contributed by atoms with Gasteiger partial charge >= 0.3 is 33.6 Å². The van der Waals surface area contributed by atoms with Crippen LogP contribution < -0.4 is 0 Å². The number of allylic oxidation sites excluding steroid dienone is 26. The lowest BCUT2D eigenvalue weighted by molar-refractivity contribution is -0.161. The van der Waals surface area contributed by atoms with Crippen LogP contribution in [0.1, 0.15) is 342 Å². The van der Waals surface area contributed by atoms with Crippen molar-refractivity contribution in [1.29, 1.82) is 0 Å². The van der Waals surface area contributed by atoms with E-state index in [0.717, 1.165) is 193 Å². The number of hydrogen-bond donors (Lipinski definition) is 4. The van der Waals surface area contributed by atoms with Crippen LogP contribution in [0.5, 0.6) is 0 Å². The van der Waals surface area contributed by atoms with Gasteiger partial charge in [0.2, 0.25) is 0 Å². The minimum absolute atomic E-state index is 0.0869. The summed E-state index contributed by atoms with van der Waals surface area (Å²) in [5.74, 6) is -1.60. The second kappa shape index (κ2) is 82.6. The van der Waals surface area contributed by atoms with Crippen LogP contribution in [0.3, 0.4) is 0 Å². The average molecular weight is 1570 g/mol. The summed E-state index contributed by atoms with van der Waals surface area (Å²) in [7, 11) is -9.81. The van der Waals surface area contributed by atoms with E-state index >= 15 is 0 Å². The van der Waals surface area contributed by atoms with Crippen molar-refractivity contribution >= 4 is 33.6 Å². The van der Waals surface area contributed by atoms with Crippen LogP contribution in [-0.2, 0) is 55.8 Å². The summed E-state index contributed by atoms with van der Waals surface area (Å²) in [5.41, 5.74) is 0. The number of rotatable bonds is 80. The fraction of sp³-hybridized carbons (Fsp3) is 0.681. The Bertz CT molecular complexity index is 2610. The van der Waals surface area contributed by atoms with Crippen molar-refractivity contribution in [2.45, 2.75) is 360 Å². The molecule has 18 heteroatoms. The maximum Gasteiger partial charge on any atom is 0.472 e. The number of aliphatic hydroxyl groups is 2. The molecule has 0 aliphatic heterocycles. The molecule has 0 saturated carbocycles. The van der Waals surface area contributed by atoms with E-state index in [9.17, 15) is 43.5 Å². The molecule has 109 heavy (non-hydrogen) atoms. The molecule has 0 aromatic rings. The zero-order valence-electron chi connectivity index (χ0n) is 68.4. The Balaban J connectivity index is 4.50. The van der Waals surface area contributed by atoms with Gasteiger partial charge in [-0.1, -0.05) is 339 Å². The average Bonchev–Trinajstić information content (AvgIpc) is 0.901. The number of phosphoric acid groups is 2. The van der Waals surface area contributed by atoms with Crippen LogP contribution in [0.2, 0.25) is 0 Å². The minimum Gasteiger partial charge on any atom is -0.463 e. The Morgan fingerprint density at radius 1 is 0.257 bits per heavy atom.